The van der Waals surface area contributed by atoms with Crippen LogP contribution >= 0.6 is 0 Å². The quantitative estimate of drug-likeness (QED) is 0.498. The van der Waals surface area contributed by atoms with Gasteiger partial charge in [0.1, 0.15) is 0 Å². The van der Waals surface area contributed by atoms with E-state index >= 15 is 0 Å². The maximum atomic E-state index is 14.1. The van der Waals surface area contributed by atoms with Crippen LogP contribution in [0.3, 0.4) is 0 Å². The fraction of sp³-hybridized carbons (Fsp3) is 0.667. The zero-order valence-electron chi connectivity index (χ0n) is 15.4. The SMILES string of the molecule is CCOc1ccc(OC(=O)C2CCC(C3CCCCC3)CC2)c(F)c1F. The Morgan fingerprint density at radius 2 is 1.50 bits per heavy atom. The van der Waals surface area contributed by atoms with Crippen LogP contribution < -0.4 is 9.47 Å². The molecule has 0 radical (unpaired) electrons. The van der Waals surface area contributed by atoms with E-state index < -0.39 is 17.6 Å². The Bertz CT molecular complexity index is 618. The van der Waals surface area contributed by atoms with Crippen LogP contribution in [0.4, 0.5) is 8.78 Å². The van der Waals surface area contributed by atoms with Crippen molar-refractivity contribution < 1.29 is 23.0 Å². The predicted molar refractivity (Wildman–Crippen MR) is 95.2 cm³/mol. The minimum atomic E-state index is -1.17. The number of hydrogen-bond acceptors (Lipinski definition) is 3. The van der Waals surface area contributed by atoms with E-state index in [1.165, 1.54) is 44.2 Å². The normalized spacial score (nSPS) is 24.3. The van der Waals surface area contributed by atoms with Gasteiger partial charge in [-0.15, -0.1) is 0 Å². The minimum absolute atomic E-state index is 0.169. The van der Waals surface area contributed by atoms with Crippen LogP contribution in [0, 0.1) is 29.4 Å². The number of carbonyl (C=O) groups is 1. The van der Waals surface area contributed by atoms with E-state index in [1.54, 1.807) is 6.92 Å². The van der Waals surface area contributed by atoms with Crippen molar-refractivity contribution in [3.63, 3.8) is 0 Å². The first-order valence-corrected chi connectivity index (χ1v) is 9.92. The fourth-order valence-corrected chi connectivity index (χ4v) is 4.48. The molecule has 0 heterocycles. The third kappa shape index (κ3) is 4.36. The van der Waals surface area contributed by atoms with E-state index in [1.807, 2.05) is 0 Å². The Kier molecular flexibility index (Phi) is 6.49. The lowest BCUT2D eigenvalue weighted by Gasteiger charge is -2.35. The molecule has 0 aliphatic heterocycles. The van der Waals surface area contributed by atoms with E-state index in [4.69, 9.17) is 9.47 Å². The average Bonchev–Trinajstić information content (AvgIpc) is 2.68. The van der Waals surface area contributed by atoms with Gasteiger partial charge >= 0.3 is 5.97 Å². The molecule has 0 aromatic heterocycles. The van der Waals surface area contributed by atoms with E-state index in [2.05, 4.69) is 0 Å². The Hall–Kier alpha value is -1.65. The molecule has 2 fully saturated rings. The van der Waals surface area contributed by atoms with Crippen molar-refractivity contribution in [3.8, 4) is 11.5 Å². The monoisotopic (exact) mass is 366 g/mol. The van der Waals surface area contributed by atoms with Gasteiger partial charge in [-0.25, -0.2) is 0 Å². The Labute approximate surface area is 154 Å². The van der Waals surface area contributed by atoms with Crippen molar-refractivity contribution in [2.75, 3.05) is 6.61 Å². The molecule has 0 amide bonds. The first-order chi connectivity index (χ1) is 12.6. The van der Waals surface area contributed by atoms with Crippen molar-refractivity contribution >= 4 is 5.97 Å². The topological polar surface area (TPSA) is 35.5 Å². The molecule has 26 heavy (non-hydrogen) atoms. The molecular formula is C21H28F2O3. The lowest BCUT2D eigenvalue weighted by atomic mass is 9.71. The van der Waals surface area contributed by atoms with Crippen molar-refractivity contribution in [3.05, 3.63) is 23.8 Å². The van der Waals surface area contributed by atoms with Gasteiger partial charge in [-0.2, -0.15) is 8.78 Å². The van der Waals surface area contributed by atoms with Gasteiger partial charge in [0.05, 0.1) is 12.5 Å². The van der Waals surface area contributed by atoms with E-state index in [-0.39, 0.29) is 24.0 Å². The van der Waals surface area contributed by atoms with Crippen LogP contribution in [-0.4, -0.2) is 12.6 Å². The number of carbonyl (C=O) groups excluding carboxylic acids is 1. The molecule has 3 rings (SSSR count). The van der Waals surface area contributed by atoms with Gasteiger partial charge in [-0.3, -0.25) is 4.79 Å². The van der Waals surface area contributed by atoms with Crippen molar-refractivity contribution in [1.82, 2.24) is 0 Å². The summed E-state index contributed by atoms with van der Waals surface area (Å²) in [6, 6.07) is 2.56. The van der Waals surface area contributed by atoms with Gasteiger partial charge in [0, 0.05) is 0 Å². The number of benzene rings is 1. The third-order valence-corrected chi connectivity index (χ3v) is 5.94. The molecule has 1 aromatic rings. The lowest BCUT2D eigenvalue weighted by molar-refractivity contribution is -0.140. The van der Waals surface area contributed by atoms with Crippen molar-refractivity contribution in [1.29, 1.82) is 0 Å². The predicted octanol–water partition coefficient (Wildman–Crippen LogP) is 5.66. The third-order valence-electron chi connectivity index (χ3n) is 5.94. The fourth-order valence-electron chi connectivity index (χ4n) is 4.48. The molecule has 0 N–H and O–H groups in total. The molecular weight excluding hydrogens is 338 g/mol. The molecule has 0 atom stereocenters. The highest BCUT2D eigenvalue weighted by Gasteiger charge is 2.32. The van der Waals surface area contributed by atoms with Gasteiger partial charge in [-0.1, -0.05) is 32.1 Å². The lowest BCUT2D eigenvalue weighted by Crippen LogP contribution is -2.29. The summed E-state index contributed by atoms with van der Waals surface area (Å²) in [6.07, 6.45) is 10.3. The smallest absolute Gasteiger partial charge is 0.314 e. The van der Waals surface area contributed by atoms with Crippen LogP contribution in [0.1, 0.15) is 64.7 Å². The molecule has 1 aromatic carbocycles. The standard InChI is InChI=1S/C21H28F2O3/c1-2-25-17-12-13-18(20(23)19(17)22)26-21(24)16-10-8-15(9-11-16)14-6-4-3-5-7-14/h12-16H,2-11H2,1H3. The maximum Gasteiger partial charge on any atom is 0.314 e. The zero-order valence-corrected chi connectivity index (χ0v) is 15.4. The van der Waals surface area contributed by atoms with Crippen LogP contribution in [0.2, 0.25) is 0 Å². The molecule has 0 unspecified atom stereocenters. The summed E-state index contributed by atoms with van der Waals surface area (Å²) in [4.78, 5) is 12.4. The van der Waals surface area contributed by atoms with Crippen LogP contribution in [0.25, 0.3) is 0 Å². The molecule has 3 nitrogen and oxygen atoms in total. The second-order valence-corrected chi connectivity index (χ2v) is 7.55. The van der Waals surface area contributed by atoms with E-state index in [0.29, 0.717) is 5.92 Å². The molecule has 2 aliphatic rings. The van der Waals surface area contributed by atoms with E-state index in [9.17, 15) is 13.6 Å². The largest absolute Gasteiger partial charge is 0.491 e. The van der Waals surface area contributed by atoms with Crippen molar-refractivity contribution in [2.45, 2.75) is 64.7 Å². The zero-order chi connectivity index (χ0) is 18.5. The number of rotatable bonds is 5. The molecule has 0 spiro atoms. The van der Waals surface area contributed by atoms with Gasteiger partial charge < -0.3 is 9.47 Å². The average molecular weight is 366 g/mol. The van der Waals surface area contributed by atoms with Crippen LogP contribution in [0.15, 0.2) is 12.1 Å². The summed E-state index contributed by atoms with van der Waals surface area (Å²) in [6.45, 7) is 1.93. The molecule has 0 bridgehead atoms. The molecule has 2 aliphatic carbocycles. The number of hydrogen-bond donors (Lipinski definition) is 0. The Morgan fingerprint density at radius 1 is 0.923 bits per heavy atom. The number of halogens is 2. The summed E-state index contributed by atoms with van der Waals surface area (Å²) < 4.78 is 38.2. The number of ether oxygens (including phenoxy) is 2. The summed E-state index contributed by atoms with van der Waals surface area (Å²) in [7, 11) is 0. The highest BCUT2D eigenvalue weighted by atomic mass is 19.2. The van der Waals surface area contributed by atoms with Gasteiger partial charge in [0.2, 0.25) is 11.6 Å². The van der Waals surface area contributed by atoms with Crippen molar-refractivity contribution in [2.24, 2.45) is 17.8 Å². The maximum absolute atomic E-state index is 14.1. The first-order valence-electron chi connectivity index (χ1n) is 9.92. The van der Waals surface area contributed by atoms with Crippen LogP contribution in [0.5, 0.6) is 11.5 Å². The van der Waals surface area contributed by atoms with Crippen LogP contribution in [-0.2, 0) is 4.79 Å². The number of esters is 1. The highest BCUT2D eigenvalue weighted by Crippen LogP contribution is 2.40. The highest BCUT2D eigenvalue weighted by molar-refractivity contribution is 5.75. The molecule has 0 saturated heterocycles. The first kappa shape index (κ1) is 19.1. The minimum Gasteiger partial charge on any atom is -0.491 e. The summed E-state index contributed by atoms with van der Waals surface area (Å²) >= 11 is 0. The summed E-state index contributed by atoms with van der Waals surface area (Å²) in [5, 5.41) is 0. The van der Waals surface area contributed by atoms with E-state index in [0.717, 1.165) is 31.6 Å². The molecule has 144 valence electrons. The second kappa shape index (κ2) is 8.83. The van der Waals surface area contributed by atoms with Gasteiger partial charge in [-0.05, 0) is 56.6 Å². The van der Waals surface area contributed by atoms with Gasteiger partial charge in [0.15, 0.2) is 11.5 Å². The molecule has 5 heteroatoms. The molecule has 2 saturated carbocycles. The second-order valence-electron chi connectivity index (χ2n) is 7.55. The van der Waals surface area contributed by atoms with Gasteiger partial charge in [0.25, 0.3) is 0 Å². The Balaban J connectivity index is 1.55. The summed E-state index contributed by atoms with van der Waals surface area (Å²) in [5.74, 6) is -1.96. The Morgan fingerprint density at radius 3 is 2.15 bits per heavy atom. The summed E-state index contributed by atoms with van der Waals surface area (Å²) in [5.41, 5.74) is 0.